The van der Waals surface area contributed by atoms with E-state index >= 15 is 0 Å². The van der Waals surface area contributed by atoms with E-state index in [-0.39, 0.29) is 5.56 Å². The van der Waals surface area contributed by atoms with Crippen LogP contribution in [-0.4, -0.2) is 37.7 Å². The van der Waals surface area contributed by atoms with Gasteiger partial charge in [-0.15, -0.1) is 0 Å². The van der Waals surface area contributed by atoms with Crippen molar-refractivity contribution in [3.05, 3.63) is 42.5 Å². The average Bonchev–Trinajstić information content (AvgIpc) is 2.54. The Morgan fingerprint density at radius 3 is 2.14 bits per heavy atom. The number of hydrogen-bond acceptors (Lipinski definition) is 4. The van der Waals surface area contributed by atoms with Gasteiger partial charge in [-0.1, -0.05) is 13.0 Å². The highest BCUT2D eigenvalue weighted by Gasteiger charge is 2.01. The van der Waals surface area contributed by atoms with Crippen LogP contribution in [0.4, 0.5) is 0 Å². The van der Waals surface area contributed by atoms with E-state index in [0.717, 1.165) is 38.0 Å². The Hall–Kier alpha value is -2.14. The Kier molecular flexibility index (Phi) is 12.5. The van der Waals surface area contributed by atoms with E-state index in [4.69, 9.17) is 19.4 Å². The summed E-state index contributed by atoms with van der Waals surface area (Å²) >= 11 is 0. The first-order valence-corrected chi connectivity index (χ1v) is 7.17. The maximum atomic E-state index is 10.6. The fourth-order valence-corrected chi connectivity index (χ4v) is 1.59. The van der Waals surface area contributed by atoms with Gasteiger partial charge in [0.25, 0.3) is 0 Å². The zero-order valence-electron chi connectivity index (χ0n) is 13.0. The minimum absolute atomic E-state index is 0.280. The predicted octanol–water partition coefficient (Wildman–Crippen LogP) is 3.34. The Morgan fingerprint density at radius 1 is 1.14 bits per heavy atom. The van der Waals surface area contributed by atoms with E-state index in [2.05, 4.69) is 6.58 Å². The number of methoxy groups -OCH3 is 1. The summed E-state index contributed by atoms with van der Waals surface area (Å²) < 4.78 is 10.5. The molecular weight excluding hydrogens is 284 g/mol. The Labute approximate surface area is 131 Å². The largest absolute Gasteiger partial charge is 0.494 e. The molecule has 0 amide bonds. The van der Waals surface area contributed by atoms with Crippen LogP contribution in [0.25, 0.3) is 0 Å². The molecule has 5 heteroatoms. The minimum atomic E-state index is -0.917. The van der Waals surface area contributed by atoms with Crippen LogP contribution in [0.2, 0.25) is 0 Å². The number of carboxylic acid groups (broad SMARTS) is 1. The van der Waals surface area contributed by atoms with Crippen molar-refractivity contribution >= 4 is 12.3 Å². The van der Waals surface area contributed by atoms with E-state index in [1.165, 1.54) is 6.08 Å². The Morgan fingerprint density at radius 2 is 1.68 bits per heavy atom. The maximum Gasteiger partial charge on any atom is 0.335 e. The van der Waals surface area contributed by atoms with Gasteiger partial charge in [0, 0.05) is 13.7 Å². The van der Waals surface area contributed by atoms with E-state index in [1.54, 1.807) is 31.4 Å². The SMILES string of the molecule is C=CC=O.COCCCCCCOc1ccc(C(=O)O)cc1. The van der Waals surface area contributed by atoms with E-state index in [1.807, 2.05) is 0 Å². The molecule has 0 radical (unpaired) electrons. The minimum Gasteiger partial charge on any atom is -0.494 e. The molecule has 1 aromatic rings. The van der Waals surface area contributed by atoms with Gasteiger partial charge in [0.2, 0.25) is 0 Å². The summed E-state index contributed by atoms with van der Waals surface area (Å²) in [6.07, 6.45) is 6.19. The number of ether oxygens (including phenoxy) is 2. The van der Waals surface area contributed by atoms with Gasteiger partial charge in [-0.25, -0.2) is 4.79 Å². The van der Waals surface area contributed by atoms with Crippen molar-refractivity contribution in [3.63, 3.8) is 0 Å². The zero-order chi connectivity index (χ0) is 16.6. The maximum absolute atomic E-state index is 10.6. The van der Waals surface area contributed by atoms with Crippen LogP contribution in [0.15, 0.2) is 36.9 Å². The fraction of sp³-hybridized carbons (Fsp3) is 0.412. The number of hydrogen-bond donors (Lipinski definition) is 1. The van der Waals surface area contributed by atoms with E-state index in [0.29, 0.717) is 12.9 Å². The van der Waals surface area contributed by atoms with Gasteiger partial charge in [-0.05, 0) is 49.6 Å². The lowest BCUT2D eigenvalue weighted by Crippen LogP contribution is -1.99. The first-order valence-electron chi connectivity index (χ1n) is 7.17. The standard InChI is InChI=1S/C14H20O4.C3H4O/c1-17-10-4-2-3-5-11-18-13-8-6-12(7-9-13)14(15)16;1-2-3-4/h6-9H,2-5,10-11H2,1H3,(H,15,16);2-3H,1H2. The molecule has 0 atom stereocenters. The number of benzene rings is 1. The van der Waals surface area contributed by atoms with Gasteiger partial charge in [-0.3, -0.25) is 4.79 Å². The molecule has 1 rings (SSSR count). The number of rotatable bonds is 10. The molecule has 0 aromatic heterocycles. The number of unbranched alkanes of at least 4 members (excludes halogenated alkanes) is 3. The number of aldehydes is 1. The summed E-state index contributed by atoms with van der Waals surface area (Å²) in [5, 5.41) is 8.74. The fourth-order valence-electron chi connectivity index (χ4n) is 1.59. The highest BCUT2D eigenvalue weighted by atomic mass is 16.5. The summed E-state index contributed by atoms with van der Waals surface area (Å²) in [6, 6.07) is 6.48. The van der Waals surface area contributed by atoms with E-state index in [9.17, 15) is 4.79 Å². The summed E-state index contributed by atoms with van der Waals surface area (Å²) in [7, 11) is 1.71. The van der Waals surface area contributed by atoms with Gasteiger partial charge in [0.05, 0.1) is 12.2 Å². The van der Waals surface area contributed by atoms with Gasteiger partial charge >= 0.3 is 5.97 Å². The predicted molar refractivity (Wildman–Crippen MR) is 85.5 cm³/mol. The molecule has 0 aliphatic heterocycles. The van der Waals surface area contributed by atoms with Gasteiger partial charge < -0.3 is 14.6 Å². The lowest BCUT2D eigenvalue weighted by Gasteiger charge is -2.06. The smallest absolute Gasteiger partial charge is 0.335 e. The van der Waals surface area contributed by atoms with Crippen molar-refractivity contribution < 1.29 is 24.2 Å². The molecular formula is C17H24O5. The molecule has 0 heterocycles. The second kappa shape index (κ2) is 13.8. The highest BCUT2D eigenvalue weighted by Crippen LogP contribution is 2.13. The Bertz CT molecular complexity index is 419. The van der Waals surface area contributed by atoms with Gasteiger partial charge in [0.1, 0.15) is 12.0 Å². The summed E-state index contributed by atoms with van der Waals surface area (Å²) in [6.45, 7) is 4.59. The molecule has 0 saturated heterocycles. The van der Waals surface area contributed by atoms with Crippen molar-refractivity contribution in [3.8, 4) is 5.75 Å². The summed E-state index contributed by atoms with van der Waals surface area (Å²) in [5.41, 5.74) is 0.280. The third-order valence-corrected chi connectivity index (χ3v) is 2.71. The number of carbonyl (C=O) groups excluding carboxylic acids is 1. The lowest BCUT2D eigenvalue weighted by atomic mass is 10.2. The van der Waals surface area contributed by atoms with E-state index < -0.39 is 5.97 Å². The first kappa shape index (κ1) is 19.9. The highest BCUT2D eigenvalue weighted by molar-refractivity contribution is 5.87. The zero-order valence-corrected chi connectivity index (χ0v) is 13.0. The van der Waals surface area contributed by atoms with Crippen LogP contribution < -0.4 is 4.74 Å². The van der Waals surface area contributed by atoms with Crippen molar-refractivity contribution in [2.24, 2.45) is 0 Å². The van der Waals surface area contributed by atoms with Crippen molar-refractivity contribution in [1.82, 2.24) is 0 Å². The second-order valence-corrected chi connectivity index (χ2v) is 4.46. The van der Waals surface area contributed by atoms with Crippen LogP contribution in [0.3, 0.4) is 0 Å². The topological polar surface area (TPSA) is 72.8 Å². The van der Waals surface area contributed by atoms with Crippen LogP contribution in [-0.2, 0) is 9.53 Å². The quantitative estimate of drug-likeness (QED) is 0.408. The van der Waals surface area contributed by atoms with Crippen LogP contribution in [0.1, 0.15) is 36.0 Å². The number of carboxylic acids is 1. The van der Waals surface area contributed by atoms with Crippen LogP contribution >= 0.6 is 0 Å². The molecule has 122 valence electrons. The molecule has 0 fully saturated rings. The lowest BCUT2D eigenvalue weighted by molar-refractivity contribution is -0.104. The number of allylic oxidation sites excluding steroid dienone is 1. The third kappa shape index (κ3) is 10.6. The molecule has 5 nitrogen and oxygen atoms in total. The molecule has 22 heavy (non-hydrogen) atoms. The van der Waals surface area contributed by atoms with Crippen molar-refractivity contribution in [2.45, 2.75) is 25.7 Å². The van der Waals surface area contributed by atoms with Gasteiger partial charge in [-0.2, -0.15) is 0 Å². The molecule has 1 aromatic carbocycles. The van der Waals surface area contributed by atoms with Crippen LogP contribution in [0.5, 0.6) is 5.75 Å². The summed E-state index contributed by atoms with van der Waals surface area (Å²) in [5.74, 6) is -0.198. The molecule has 0 bridgehead atoms. The molecule has 1 N–H and O–H groups in total. The van der Waals surface area contributed by atoms with Gasteiger partial charge in [0.15, 0.2) is 0 Å². The molecule has 0 aliphatic rings. The molecule has 0 spiro atoms. The third-order valence-electron chi connectivity index (χ3n) is 2.71. The second-order valence-electron chi connectivity index (χ2n) is 4.46. The molecule has 0 saturated carbocycles. The van der Waals surface area contributed by atoms with Crippen molar-refractivity contribution in [2.75, 3.05) is 20.3 Å². The Balaban J connectivity index is 0.000000980. The summed E-state index contributed by atoms with van der Waals surface area (Å²) in [4.78, 5) is 19.7. The number of carbonyl (C=O) groups is 2. The normalized spacial score (nSPS) is 9.32. The first-order chi connectivity index (χ1) is 10.7. The number of aromatic carboxylic acids is 1. The molecule has 0 unspecified atom stereocenters. The van der Waals surface area contributed by atoms with Crippen molar-refractivity contribution in [1.29, 1.82) is 0 Å². The monoisotopic (exact) mass is 308 g/mol. The van der Waals surface area contributed by atoms with Crippen LogP contribution in [0, 0.1) is 0 Å². The average molecular weight is 308 g/mol. The molecule has 0 aliphatic carbocycles.